The Morgan fingerprint density at radius 1 is 1.30 bits per heavy atom. The highest BCUT2D eigenvalue weighted by molar-refractivity contribution is 14.0. The summed E-state index contributed by atoms with van der Waals surface area (Å²) in [6.45, 7) is 4.73. The summed E-state index contributed by atoms with van der Waals surface area (Å²) in [6.07, 6.45) is 2.46. The van der Waals surface area contributed by atoms with Gasteiger partial charge in [0.2, 0.25) is 0 Å². The van der Waals surface area contributed by atoms with Crippen molar-refractivity contribution in [1.82, 2.24) is 15.6 Å². The van der Waals surface area contributed by atoms with Crippen LogP contribution in [-0.4, -0.2) is 43.7 Å². The van der Waals surface area contributed by atoms with Gasteiger partial charge in [-0.1, -0.05) is 6.07 Å². The molecule has 0 bridgehead atoms. The second-order valence-electron chi connectivity index (χ2n) is 6.94. The number of methoxy groups -OCH3 is 1. The minimum atomic E-state index is -0.308. The van der Waals surface area contributed by atoms with Gasteiger partial charge in [-0.2, -0.15) is 0 Å². The molecule has 1 aliphatic rings. The number of benzene rings is 1. The number of nitrogens with zero attached hydrogens (tertiary/aromatic N) is 3. The van der Waals surface area contributed by atoms with Crippen molar-refractivity contribution in [2.24, 2.45) is 4.99 Å². The minimum Gasteiger partial charge on any atom is -0.380 e. The fourth-order valence-electron chi connectivity index (χ4n) is 3.36. The molecule has 164 valence electrons. The lowest BCUT2D eigenvalue weighted by atomic mass is 10.1. The summed E-state index contributed by atoms with van der Waals surface area (Å²) in [7, 11) is 1.54. The summed E-state index contributed by atoms with van der Waals surface area (Å²) in [4.78, 5) is 10.7. The molecule has 1 atom stereocenters. The third-order valence-corrected chi connectivity index (χ3v) is 4.74. The minimum absolute atomic E-state index is 0. The third-order valence-electron chi connectivity index (χ3n) is 4.74. The van der Waals surface area contributed by atoms with Crippen LogP contribution in [0.5, 0.6) is 0 Å². The summed E-state index contributed by atoms with van der Waals surface area (Å²) < 4.78 is 32.8. The first-order valence-electron chi connectivity index (χ1n) is 9.77. The van der Waals surface area contributed by atoms with Crippen LogP contribution in [0.4, 0.5) is 14.6 Å². The zero-order chi connectivity index (χ0) is 20.6. The average molecular weight is 531 g/mol. The van der Waals surface area contributed by atoms with E-state index in [0.29, 0.717) is 30.4 Å². The van der Waals surface area contributed by atoms with Gasteiger partial charge >= 0.3 is 0 Å². The molecule has 1 unspecified atom stereocenters. The number of halogens is 3. The number of ether oxygens (including phenoxy) is 1. The number of aromatic nitrogens is 1. The maximum Gasteiger partial charge on any atom is 0.191 e. The second kappa shape index (κ2) is 12.0. The lowest BCUT2D eigenvalue weighted by Gasteiger charge is -2.20. The molecular weight excluding hydrogens is 503 g/mol. The van der Waals surface area contributed by atoms with Crippen LogP contribution < -0.4 is 15.5 Å². The van der Waals surface area contributed by atoms with Crippen molar-refractivity contribution >= 4 is 35.8 Å². The van der Waals surface area contributed by atoms with Crippen molar-refractivity contribution in [3.8, 4) is 0 Å². The largest absolute Gasteiger partial charge is 0.380 e. The molecule has 1 aliphatic heterocycles. The van der Waals surface area contributed by atoms with Gasteiger partial charge in [-0.05, 0) is 43.2 Å². The van der Waals surface area contributed by atoms with Crippen LogP contribution in [0.15, 0.2) is 41.5 Å². The van der Waals surface area contributed by atoms with E-state index < -0.39 is 0 Å². The normalized spacial score (nSPS) is 16.3. The standard InChI is InChI=1S/C21H27F2N5O.HI/c1-3-24-21(26-12-15-6-7-18(22)16(11-15)14-29-2)27-17-8-10-28(13-17)20-19(23)5-4-9-25-20;/h4-7,9,11,17H,3,8,10,12-14H2,1-2H3,(H2,24,26,27);1H. The van der Waals surface area contributed by atoms with Crippen LogP contribution in [0, 0.1) is 11.6 Å². The molecule has 2 N–H and O–H groups in total. The molecule has 3 rings (SSSR count). The quantitative estimate of drug-likeness (QED) is 0.326. The van der Waals surface area contributed by atoms with E-state index in [0.717, 1.165) is 25.1 Å². The number of pyridine rings is 1. The Morgan fingerprint density at radius 3 is 2.87 bits per heavy atom. The SMILES string of the molecule is CCNC(=NCc1ccc(F)c(COC)c1)NC1CCN(c2ncccc2F)C1.I. The molecule has 1 aromatic carbocycles. The Balaban J connectivity index is 0.00000320. The predicted molar refractivity (Wildman–Crippen MR) is 125 cm³/mol. The van der Waals surface area contributed by atoms with Gasteiger partial charge in [-0.25, -0.2) is 18.8 Å². The summed E-state index contributed by atoms with van der Waals surface area (Å²) in [5.41, 5.74) is 1.42. The van der Waals surface area contributed by atoms with Crippen molar-refractivity contribution in [2.75, 3.05) is 31.6 Å². The molecule has 9 heteroatoms. The zero-order valence-electron chi connectivity index (χ0n) is 17.2. The smallest absolute Gasteiger partial charge is 0.191 e. The number of rotatable bonds is 7. The van der Waals surface area contributed by atoms with Gasteiger partial charge in [0.15, 0.2) is 17.6 Å². The second-order valence-corrected chi connectivity index (χ2v) is 6.94. The average Bonchev–Trinajstić information content (AvgIpc) is 3.17. The first-order valence-corrected chi connectivity index (χ1v) is 9.77. The van der Waals surface area contributed by atoms with Crippen LogP contribution in [0.1, 0.15) is 24.5 Å². The number of hydrogen-bond acceptors (Lipinski definition) is 4. The van der Waals surface area contributed by atoms with E-state index in [9.17, 15) is 8.78 Å². The molecule has 6 nitrogen and oxygen atoms in total. The highest BCUT2D eigenvalue weighted by atomic mass is 127. The van der Waals surface area contributed by atoms with Crippen molar-refractivity contribution < 1.29 is 13.5 Å². The van der Waals surface area contributed by atoms with Crippen LogP contribution in [0.2, 0.25) is 0 Å². The van der Waals surface area contributed by atoms with Gasteiger partial charge in [0, 0.05) is 44.5 Å². The summed E-state index contributed by atoms with van der Waals surface area (Å²) >= 11 is 0. The molecule has 1 fully saturated rings. The van der Waals surface area contributed by atoms with Crippen molar-refractivity contribution in [2.45, 2.75) is 32.5 Å². The highest BCUT2D eigenvalue weighted by Crippen LogP contribution is 2.20. The molecule has 1 aromatic heterocycles. The number of hydrogen-bond donors (Lipinski definition) is 2. The Labute approximate surface area is 193 Å². The molecular formula is C21H28F2IN5O. The first-order chi connectivity index (χ1) is 14.1. The van der Waals surface area contributed by atoms with Gasteiger partial charge < -0.3 is 20.3 Å². The van der Waals surface area contributed by atoms with Crippen LogP contribution in [0.25, 0.3) is 0 Å². The van der Waals surface area contributed by atoms with Crippen molar-refractivity contribution in [3.05, 3.63) is 59.3 Å². The van der Waals surface area contributed by atoms with E-state index in [1.807, 2.05) is 11.8 Å². The molecule has 30 heavy (non-hydrogen) atoms. The topological polar surface area (TPSA) is 61.8 Å². The van der Waals surface area contributed by atoms with Crippen molar-refractivity contribution in [3.63, 3.8) is 0 Å². The first kappa shape index (κ1) is 24.3. The molecule has 1 saturated heterocycles. The molecule has 2 aromatic rings. The molecule has 2 heterocycles. The molecule has 0 amide bonds. The number of aliphatic imine (C=N–C) groups is 1. The van der Waals surface area contributed by atoms with E-state index >= 15 is 0 Å². The fraction of sp³-hybridized carbons (Fsp3) is 0.429. The van der Waals surface area contributed by atoms with E-state index in [-0.39, 0.29) is 48.3 Å². The van der Waals surface area contributed by atoms with Gasteiger partial charge in [0.25, 0.3) is 0 Å². The molecule has 0 spiro atoms. The van der Waals surface area contributed by atoms with Crippen molar-refractivity contribution in [1.29, 1.82) is 0 Å². The van der Waals surface area contributed by atoms with E-state index in [1.165, 1.54) is 12.1 Å². The zero-order valence-corrected chi connectivity index (χ0v) is 19.5. The summed E-state index contributed by atoms with van der Waals surface area (Å²) in [6, 6.07) is 8.08. The fourth-order valence-corrected chi connectivity index (χ4v) is 3.36. The Morgan fingerprint density at radius 2 is 2.13 bits per heavy atom. The lowest BCUT2D eigenvalue weighted by molar-refractivity contribution is 0.181. The molecule has 0 aliphatic carbocycles. The molecule has 0 radical (unpaired) electrons. The van der Waals surface area contributed by atoms with E-state index in [4.69, 9.17) is 4.74 Å². The number of nitrogens with one attached hydrogen (secondary N) is 2. The van der Waals surface area contributed by atoms with E-state index in [2.05, 4.69) is 20.6 Å². The third kappa shape index (κ3) is 6.49. The highest BCUT2D eigenvalue weighted by Gasteiger charge is 2.25. The molecule has 0 saturated carbocycles. The monoisotopic (exact) mass is 531 g/mol. The van der Waals surface area contributed by atoms with E-state index in [1.54, 1.807) is 31.5 Å². The van der Waals surface area contributed by atoms with Gasteiger partial charge in [0.1, 0.15) is 5.82 Å². The summed E-state index contributed by atoms with van der Waals surface area (Å²) in [5, 5.41) is 6.63. The van der Waals surface area contributed by atoms with Crippen LogP contribution in [-0.2, 0) is 17.9 Å². The Bertz CT molecular complexity index is 852. The maximum absolute atomic E-state index is 14.0. The van der Waals surface area contributed by atoms with Gasteiger partial charge in [-0.15, -0.1) is 24.0 Å². The van der Waals surface area contributed by atoms with Gasteiger partial charge in [0.05, 0.1) is 13.2 Å². The Hall–Kier alpha value is -2.01. The Kier molecular flexibility index (Phi) is 9.70. The lowest BCUT2D eigenvalue weighted by Crippen LogP contribution is -2.44. The maximum atomic E-state index is 14.0. The number of guanidine groups is 1. The van der Waals surface area contributed by atoms with Crippen LogP contribution in [0.3, 0.4) is 0 Å². The summed E-state index contributed by atoms with van der Waals surface area (Å²) in [5.74, 6) is 0.475. The predicted octanol–water partition coefficient (Wildman–Crippen LogP) is 3.46. The number of anilines is 1. The van der Waals surface area contributed by atoms with Crippen LogP contribution >= 0.6 is 24.0 Å². The van der Waals surface area contributed by atoms with Gasteiger partial charge in [-0.3, -0.25) is 0 Å².